The van der Waals surface area contributed by atoms with Gasteiger partial charge in [-0.25, -0.2) is 0 Å². The van der Waals surface area contributed by atoms with Gasteiger partial charge in [0.1, 0.15) is 0 Å². The van der Waals surface area contributed by atoms with E-state index in [2.05, 4.69) is 49.8 Å². The minimum absolute atomic E-state index is 0.356. The highest BCUT2D eigenvalue weighted by Gasteiger charge is 2.18. The van der Waals surface area contributed by atoms with Gasteiger partial charge in [0, 0.05) is 6.04 Å². The number of rotatable bonds is 4. The maximum Gasteiger partial charge on any atom is 0.00873 e. The van der Waals surface area contributed by atoms with E-state index in [0.29, 0.717) is 11.5 Å². The molecule has 0 aromatic carbocycles. The largest absolute Gasteiger partial charge is 0.313 e. The molecule has 1 rings (SSSR count). The van der Waals surface area contributed by atoms with Gasteiger partial charge in [0.2, 0.25) is 0 Å². The summed E-state index contributed by atoms with van der Waals surface area (Å²) in [6.45, 7) is 10.2. The second-order valence-electron chi connectivity index (χ2n) is 4.92. The summed E-state index contributed by atoms with van der Waals surface area (Å²) in [7, 11) is 0. The molecule has 0 fully saturated rings. The standard InChI is InChI=1S/C12H21NS/c1-10(12(2,3)4)13-7-5-11-6-8-14-9-11/h6,8-10,13H,5,7H2,1-4H3. The quantitative estimate of drug-likeness (QED) is 0.805. The summed E-state index contributed by atoms with van der Waals surface area (Å²) >= 11 is 1.78. The van der Waals surface area contributed by atoms with Crippen LogP contribution in [0.3, 0.4) is 0 Å². The fourth-order valence-electron chi connectivity index (χ4n) is 1.17. The van der Waals surface area contributed by atoms with Gasteiger partial charge in [-0.1, -0.05) is 20.8 Å². The third-order valence-corrected chi connectivity index (χ3v) is 3.48. The zero-order chi connectivity index (χ0) is 10.6. The van der Waals surface area contributed by atoms with Crippen molar-refractivity contribution in [2.45, 2.75) is 40.2 Å². The Morgan fingerprint density at radius 3 is 2.64 bits per heavy atom. The molecule has 1 aromatic heterocycles. The molecule has 1 N–H and O–H groups in total. The summed E-state index contributed by atoms with van der Waals surface area (Å²) in [6, 6.07) is 2.77. The fourth-order valence-corrected chi connectivity index (χ4v) is 1.88. The summed E-state index contributed by atoms with van der Waals surface area (Å²) in [5.41, 5.74) is 1.80. The van der Waals surface area contributed by atoms with Crippen LogP contribution in [0.2, 0.25) is 0 Å². The summed E-state index contributed by atoms with van der Waals surface area (Å²) in [6.07, 6.45) is 1.14. The normalized spacial score (nSPS) is 14.3. The smallest absolute Gasteiger partial charge is 0.00873 e. The summed E-state index contributed by atoms with van der Waals surface area (Å²) in [4.78, 5) is 0. The van der Waals surface area contributed by atoms with E-state index in [1.165, 1.54) is 5.56 Å². The first-order valence-corrected chi connectivity index (χ1v) is 6.19. The van der Waals surface area contributed by atoms with Gasteiger partial charge in [-0.3, -0.25) is 0 Å². The molecule has 1 nitrogen and oxygen atoms in total. The predicted octanol–water partition coefficient (Wildman–Crippen LogP) is 3.31. The number of nitrogens with one attached hydrogen (secondary N) is 1. The third-order valence-electron chi connectivity index (χ3n) is 2.74. The molecule has 1 heterocycles. The van der Waals surface area contributed by atoms with Gasteiger partial charge in [-0.2, -0.15) is 11.3 Å². The van der Waals surface area contributed by atoms with Crippen molar-refractivity contribution in [3.8, 4) is 0 Å². The Bertz CT molecular complexity index is 246. The minimum atomic E-state index is 0.356. The first kappa shape index (κ1) is 11.7. The molecule has 14 heavy (non-hydrogen) atoms. The zero-order valence-corrected chi connectivity index (χ0v) is 10.4. The highest BCUT2D eigenvalue weighted by molar-refractivity contribution is 7.07. The Labute approximate surface area is 91.5 Å². The lowest BCUT2D eigenvalue weighted by Crippen LogP contribution is -2.38. The molecule has 0 saturated carbocycles. The molecule has 0 aliphatic carbocycles. The zero-order valence-electron chi connectivity index (χ0n) is 9.63. The van der Waals surface area contributed by atoms with Gasteiger partial charge in [0.25, 0.3) is 0 Å². The summed E-state index contributed by atoms with van der Waals surface area (Å²) in [5.74, 6) is 0. The molecular formula is C12H21NS. The van der Waals surface area contributed by atoms with Crippen molar-refractivity contribution in [1.29, 1.82) is 0 Å². The lowest BCUT2D eigenvalue weighted by Gasteiger charge is -2.28. The second kappa shape index (κ2) is 4.94. The topological polar surface area (TPSA) is 12.0 Å². The Balaban J connectivity index is 2.22. The Hall–Kier alpha value is -0.340. The lowest BCUT2D eigenvalue weighted by atomic mass is 9.88. The monoisotopic (exact) mass is 211 g/mol. The van der Waals surface area contributed by atoms with Gasteiger partial charge >= 0.3 is 0 Å². The SMILES string of the molecule is CC(NCCc1ccsc1)C(C)(C)C. The van der Waals surface area contributed by atoms with Crippen molar-refractivity contribution < 1.29 is 0 Å². The van der Waals surface area contributed by atoms with Gasteiger partial charge in [-0.15, -0.1) is 0 Å². The van der Waals surface area contributed by atoms with Gasteiger partial charge in [-0.05, 0) is 47.7 Å². The molecule has 0 aliphatic heterocycles. The highest BCUT2D eigenvalue weighted by Crippen LogP contribution is 2.18. The van der Waals surface area contributed by atoms with Crippen molar-refractivity contribution in [1.82, 2.24) is 5.32 Å². The van der Waals surface area contributed by atoms with Crippen LogP contribution in [0.15, 0.2) is 16.8 Å². The van der Waals surface area contributed by atoms with Gasteiger partial charge in [0.15, 0.2) is 0 Å². The fraction of sp³-hybridized carbons (Fsp3) is 0.667. The van der Waals surface area contributed by atoms with E-state index >= 15 is 0 Å². The van der Waals surface area contributed by atoms with E-state index in [4.69, 9.17) is 0 Å². The molecule has 0 amide bonds. The molecule has 0 spiro atoms. The first-order valence-electron chi connectivity index (χ1n) is 5.24. The van der Waals surface area contributed by atoms with Crippen molar-refractivity contribution in [3.05, 3.63) is 22.4 Å². The minimum Gasteiger partial charge on any atom is -0.313 e. The van der Waals surface area contributed by atoms with Crippen LogP contribution in [0.4, 0.5) is 0 Å². The van der Waals surface area contributed by atoms with Crippen LogP contribution in [-0.2, 0) is 6.42 Å². The summed E-state index contributed by atoms with van der Waals surface area (Å²) in [5, 5.41) is 7.93. The van der Waals surface area contributed by atoms with Crippen molar-refractivity contribution >= 4 is 11.3 Å². The van der Waals surface area contributed by atoms with Crippen LogP contribution in [0.5, 0.6) is 0 Å². The Morgan fingerprint density at radius 1 is 1.43 bits per heavy atom. The molecule has 0 radical (unpaired) electrons. The van der Waals surface area contributed by atoms with E-state index in [1.807, 2.05) is 0 Å². The Morgan fingerprint density at radius 2 is 2.14 bits per heavy atom. The van der Waals surface area contributed by atoms with E-state index < -0.39 is 0 Å². The number of hydrogen-bond donors (Lipinski definition) is 1. The average molecular weight is 211 g/mol. The average Bonchev–Trinajstić information content (AvgIpc) is 2.55. The van der Waals surface area contributed by atoms with Crippen molar-refractivity contribution in [2.75, 3.05) is 6.54 Å². The van der Waals surface area contributed by atoms with E-state index in [-0.39, 0.29) is 0 Å². The molecule has 0 saturated heterocycles. The predicted molar refractivity (Wildman–Crippen MR) is 64.9 cm³/mol. The molecule has 1 aromatic rings. The van der Waals surface area contributed by atoms with Crippen LogP contribution in [0.25, 0.3) is 0 Å². The van der Waals surface area contributed by atoms with Crippen LogP contribution < -0.4 is 5.32 Å². The van der Waals surface area contributed by atoms with Gasteiger partial charge < -0.3 is 5.32 Å². The highest BCUT2D eigenvalue weighted by atomic mass is 32.1. The lowest BCUT2D eigenvalue weighted by molar-refractivity contribution is 0.288. The van der Waals surface area contributed by atoms with Crippen LogP contribution >= 0.6 is 11.3 Å². The van der Waals surface area contributed by atoms with Crippen LogP contribution in [0.1, 0.15) is 33.3 Å². The Kier molecular flexibility index (Phi) is 4.14. The molecule has 0 bridgehead atoms. The maximum atomic E-state index is 3.57. The van der Waals surface area contributed by atoms with Gasteiger partial charge in [0.05, 0.1) is 0 Å². The van der Waals surface area contributed by atoms with E-state index in [0.717, 1.165) is 13.0 Å². The summed E-state index contributed by atoms with van der Waals surface area (Å²) < 4.78 is 0. The number of thiophene rings is 1. The molecule has 0 aliphatic rings. The third kappa shape index (κ3) is 3.81. The van der Waals surface area contributed by atoms with E-state index in [1.54, 1.807) is 11.3 Å². The maximum absolute atomic E-state index is 3.57. The van der Waals surface area contributed by atoms with Crippen LogP contribution in [-0.4, -0.2) is 12.6 Å². The molecule has 80 valence electrons. The molecule has 2 heteroatoms. The van der Waals surface area contributed by atoms with Crippen molar-refractivity contribution in [2.24, 2.45) is 5.41 Å². The van der Waals surface area contributed by atoms with Crippen molar-refractivity contribution in [3.63, 3.8) is 0 Å². The first-order chi connectivity index (χ1) is 6.50. The van der Waals surface area contributed by atoms with E-state index in [9.17, 15) is 0 Å². The van der Waals surface area contributed by atoms with Crippen LogP contribution in [0, 0.1) is 5.41 Å². The molecular weight excluding hydrogens is 190 g/mol. The second-order valence-corrected chi connectivity index (χ2v) is 5.70. The number of hydrogen-bond acceptors (Lipinski definition) is 2. The molecule has 1 unspecified atom stereocenters. The molecule has 1 atom stereocenters.